The second kappa shape index (κ2) is 7.65. The molecule has 0 spiro atoms. The van der Waals surface area contributed by atoms with Gasteiger partial charge in [-0.15, -0.1) is 11.8 Å². The average Bonchev–Trinajstić information content (AvgIpc) is 2.90. The Kier molecular flexibility index (Phi) is 5.85. The van der Waals surface area contributed by atoms with Crippen molar-refractivity contribution in [1.29, 1.82) is 0 Å². The minimum atomic E-state index is -0.242. The molecule has 1 aromatic rings. The molecule has 5 nitrogen and oxygen atoms in total. The molecule has 22 heavy (non-hydrogen) atoms. The first-order chi connectivity index (χ1) is 10.5. The standard InChI is InChI=1S/C16H23N3O2S/c1-11(2)12-3-5-13(6-4-12)14(17)7-18-15(20)8-19-10-22-9-16(19)21/h3-6,11,14H,7-10,17H2,1-2H3,(H,18,20). The summed E-state index contributed by atoms with van der Waals surface area (Å²) in [5.74, 6) is 1.41. The summed E-state index contributed by atoms with van der Waals surface area (Å²) < 4.78 is 0. The zero-order valence-electron chi connectivity index (χ0n) is 13.0. The molecule has 0 bridgehead atoms. The summed E-state index contributed by atoms with van der Waals surface area (Å²) in [5.41, 5.74) is 8.37. The Morgan fingerprint density at radius 1 is 1.32 bits per heavy atom. The van der Waals surface area contributed by atoms with Crippen LogP contribution in [-0.2, 0) is 9.59 Å². The normalized spacial score (nSPS) is 16.2. The van der Waals surface area contributed by atoms with E-state index in [1.165, 1.54) is 17.3 Å². The molecular formula is C16H23N3O2S. The topological polar surface area (TPSA) is 75.4 Å². The zero-order valence-corrected chi connectivity index (χ0v) is 13.9. The Morgan fingerprint density at radius 3 is 2.50 bits per heavy atom. The van der Waals surface area contributed by atoms with Gasteiger partial charge >= 0.3 is 0 Å². The fourth-order valence-electron chi connectivity index (χ4n) is 2.24. The van der Waals surface area contributed by atoms with Crippen LogP contribution in [0.2, 0.25) is 0 Å². The van der Waals surface area contributed by atoms with Crippen LogP contribution < -0.4 is 11.1 Å². The highest BCUT2D eigenvalue weighted by Gasteiger charge is 2.22. The first-order valence-electron chi connectivity index (χ1n) is 7.45. The van der Waals surface area contributed by atoms with Gasteiger partial charge < -0.3 is 16.0 Å². The van der Waals surface area contributed by atoms with Gasteiger partial charge in [-0.2, -0.15) is 0 Å². The van der Waals surface area contributed by atoms with Crippen LogP contribution >= 0.6 is 11.8 Å². The summed E-state index contributed by atoms with van der Waals surface area (Å²) in [6, 6.07) is 7.91. The highest BCUT2D eigenvalue weighted by Crippen LogP contribution is 2.17. The van der Waals surface area contributed by atoms with Gasteiger partial charge in [-0.25, -0.2) is 0 Å². The highest BCUT2D eigenvalue weighted by atomic mass is 32.2. The molecule has 1 aliphatic rings. The minimum Gasteiger partial charge on any atom is -0.353 e. The second-order valence-corrected chi connectivity index (χ2v) is 6.76. The van der Waals surface area contributed by atoms with Crippen LogP contribution in [0.25, 0.3) is 0 Å². The number of amides is 2. The van der Waals surface area contributed by atoms with E-state index in [1.54, 1.807) is 4.90 Å². The van der Waals surface area contributed by atoms with Crippen LogP contribution in [0.15, 0.2) is 24.3 Å². The van der Waals surface area contributed by atoms with E-state index in [2.05, 4.69) is 31.3 Å². The van der Waals surface area contributed by atoms with Crippen LogP contribution in [0.5, 0.6) is 0 Å². The Labute approximate surface area is 135 Å². The van der Waals surface area contributed by atoms with E-state index in [9.17, 15) is 9.59 Å². The summed E-state index contributed by atoms with van der Waals surface area (Å²) >= 11 is 1.53. The fourth-order valence-corrected chi connectivity index (χ4v) is 3.14. The molecule has 1 saturated heterocycles. The molecule has 1 fully saturated rings. The van der Waals surface area contributed by atoms with E-state index in [0.29, 0.717) is 24.1 Å². The third kappa shape index (κ3) is 4.48. The van der Waals surface area contributed by atoms with Crippen LogP contribution in [0.1, 0.15) is 36.9 Å². The maximum Gasteiger partial charge on any atom is 0.239 e. The molecular weight excluding hydrogens is 298 g/mol. The quantitative estimate of drug-likeness (QED) is 0.832. The van der Waals surface area contributed by atoms with Crippen molar-refractivity contribution >= 4 is 23.6 Å². The molecule has 1 aliphatic heterocycles. The van der Waals surface area contributed by atoms with Gasteiger partial charge in [0, 0.05) is 12.6 Å². The van der Waals surface area contributed by atoms with Crippen molar-refractivity contribution in [2.24, 2.45) is 5.73 Å². The summed E-state index contributed by atoms with van der Waals surface area (Å²) in [6.45, 7) is 4.78. The third-order valence-electron chi connectivity index (χ3n) is 3.71. The third-order valence-corrected chi connectivity index (χ3v) is 4.66. The number of carbonyl (C=O) groups is 2. The molecule has 3 N–H and O–H groups in total. The molecule has 2 amide bonds. The molecule has 6 heteroatoms. The number of rotatable bonds is 6. The monoisotopic (exact) mass is 321 g/mol. The maximum absolute atomic E-state index is 11.9. The van der Waals surface area contributed by atoms with E-state index >= 15 is 0 Å². The number of hydrogen-bond donors (Lipinski definition) is 2. The largest absolute Gasteiger partial charge is 0.353 e. The van der Waals surface area contributed by atoms with Crippen molar-refractivity contribution in [3.8, 4) is 0 Å². The lowest BCUT2D eigenvalue weighted by atomic mass is 9.99. The van der Waals surface area contributed by atoms with Gasteiger partial charge in [0.25, 0.3) is 0 Å². The van der Waals surface area contributed by atoms with Crippen LogP contribution in [0, 0.1) is 0 Å². The Bertz CT molecular complexity index is 531. The molecule has 0 aromatic heterocycles. The molecule has 1 atom stereocenters. The molecule has 1 aromatic carbocycles. The van der Waals surface area contributed by atoms with Crippen molar-refractivity contribution in [1.82, 2.24) is 10.2 Å². The summed E-state index contributed by atoms with van der Waals surface area (Å²) in [4.78, 5) is 24.9. The van der Waals surface area contributed by atoms with Crippen molar-refractivity contribution < 1.29 is 9.59 Å². The fraction of sp³-hybridized carbons (Fsp3) is 0.500. The van der Waals surface area contributed by atoms with Gasteiger partial charge in [-0.3, -0.25) is 9.59 Å². The van der Waals surface area contributed by atoms with E-state index in [4.69, 9.17) is 5.73 Å². The number of carbonyl (C=O) groups excluding carboxylic acids is 2. The highest BCUT2D eigenvalue weighted by molar-refractivity contribution is 8.00. The van der Waals surface area contributed by atoms with Crippen LogP contribution in [-0.4, -0.2) is 41.4 Å². The lowest BCUT2D eigenvalue weighted by Crippen LogP contribution is -2.40. The van der Waals surface area contributed by atoms with E-state index in [1.807, 2.05) is 12.1 Å². The van der Waals surface area contributed by atoms with Crippen LogP contribution in [0.4, 0.5) is 0 Å². The van der Waals surface area contributed by atoms with Crippen molar-refractivity contribution in [3.63, 3.8) is 0 Å². The minimum absolute atomic E-state index is 0.0220. The SMILES string of the molecule is CC(C)c1ccc(C(N)CNC(=O)CN2CSCC2=O)cc1. The first-order valence-corrected chi connectivity index (χ1v) is 8.60. The van der Waals surface area contributed by atoms with Crippen molar-refractivity contribution in [3.05, 3.63) is 35.4 Å². The number of hydrogen-bond acceptors (Lipinski definition) is 4. The molecule has 2 rings (SSSR count). The Hall–Kier alpha value is -1.53. The van der Waals surface area contributed by atoms with Crippen molar-refractivity contribution in [2.75, 3.05) is 24.7 Å². The van der Waals surface area contributed by atoms with Gasteiger partial charge in [-0.1, -0.05) is 38.1 Å². The van der Waals surface area contributed by atoms with Gasteiger partial charge in [0.1, 0.15) is 6.54 Å². The Balaban J connectivity index is 1.80. The van der Waals surface area contributed by atoms with Crippen LogP contribution in [0.3, 0.4) is 0 Å². The maximum atomic E-state index is 11.9. The lowest BCUT2D eigenvalue weighted by molar-refractivity contribution is -0.132. The molecule has 0 saturated carbocycles. The summed E-state index contributed by atoms with van der Waals surface area (Å²) in [7, 11) is 0. The molecule has 0 aliphatic carbocycles. The molecule has 1 unspecified atom stereocenters. The number of benzene rings is 1. The molecule has 0 radical (unpaired) electrons. The van der Waals surface area contributed by atoms with E-state index in [0.717, 1.165) is 5.56 Å². The number of nitrogens with zero attached hydrogens (tertiary/aromatic N) is 1. The number of nitrogens with two attached hydrogens (primary N) is 1. The van der Waals surface area contributed by atoms with Gasteiger partial charge in [0.2, 0.25) is 11.8 Å². The van der Waals surface area contributed by atoms with Crippen molar-refractivity contribution in [2.45, 2.75) is 25.8 Å². The number of nitrogens with one attached hydrogen (secondary N) is 1. The first kappa shape index (κ1) is 16.8. The van der Waals surface area contributed by atoms with Gasteiger partial charge in [0.15, 0.2) is 0 Å². The average molecular weight is 321 g/mol. The number of thioether (sulfide) groups is 1. The zero-order chi connectivity index (χ0) is 16.1. The van der Waals surface area contributed by atoms with E-state index in [-0.39, 0.29) is 24.4 Å². The van der Waals surface area contributed by atoms with Gasteiger partial charge in [-0.05, 0) is 17.0 Å². The van der Waals surface area contributed by atoms with Gasteiger partial charge in [0.05, 0.1) is 11.6 Å². The summed E-state index contributed by atoms with van der Waals surface area (Å²) in [5, 5.41) is 2.80. The Morgan fingerprint density at radius 2 is 1.95 bits per heavy atom. The van der Waals surface area contributed by atoms with E-state index < -0.39 is 0 Å². The summed E-state index contributed by atoms with van der Waals surface area (Å²) in [6.07, 6.45) is 0. The second-order valence-electron chi connectivity index (χ2n) is 5.80. The lowest BCUT2D eigenvalue weighted by Gasteiger charge is -2.17. The predicted octanol–water partition coefficient (Wildman–Crippen LogP) is 1.46. The molecule has 1 heterocycles. The molecule has 120 valence electrons. The predicted molar refractivity (Wildman–Crippen MR) is 89.5 cm³/mol. The smallest absolute Gasteiger partial charge is 0.239 e.